The Labute approximate surface area is 125 Å². The molecular formula is C13H14N4O3S. The Morgan fingerprint density at radius 2 is 2.43 bits per heavy atom. The molecule has 1 saturated heterocycles. The van der Waals surface area contributed by atoms with Gasteiger partial charge in [0.25, 0.3) is 0 Å². The second kappa shape index (κ2) is 6.45. The van der Waals surface area contributed by atoms with Crippen molar-refractivity contribution in [3.05, 3.63) is 28.8 Å². The molecule has 0 aliphatic carbocycles. The number of nitriles is 1. The highest BCUT2D eigenvalue weighted by Crippen LogP contribution is 2.39. The van der Waals surface area contributed by atoms with Crippen molar-refractivity contribution in [2.45, 2.75) is 25.0 Å². The number of nitrogens with one attached hydrogen (secondary N) is 1. The third kappa shape index (κ3) is 3.08. The average Bonchev–Trinajstić information content (AvgIpc) is 3.05. The zero-order valence-electron chi connectivity index (χ0n) is 11.4. The van der Waals surface area contributed by atoms with Gasteiger partial charge in [0, 0.05) is 18.4 Å². The van der Waals surface area contributed by atoms with E-state index < -0.39 is 5.97 Å². The van der Waals surface area contributed by atoms with Gasteiger partial charge < -0.3 is 15.0 Å². The molecule has 2 rings (SSSR count). The lowest BCUT2D eigenvalue weighted by atomic mass is 10.2. The zero-order chi connectivity index (χ0) is 15.4. The molecule has 1 unspecified atom stereocenters. The number of rotatable bonds is 5. The number of aliphatic carboxylic acids is 1. The van der Waals surface area contributed by atoms with Crippen molar-refractivity contribution in [3.8, 4) is 6.07 Å². The van der Waals surface area contributed by atoms with E-state index in [1.54, 1.807) is 25.5 Å². The number of nitrogens with zero attached hydrogens (tertiary/aromatic N) is 3. The summed E-state index contributed by atoms with van der Waals surface area (Å²) in [5.41, 5.74) is 0.543. The Morgan fingerprint density at radius 3 is 2.95 bits per heavy atom. The van der Waals surface area contributed by atoms with Crippen molar-refractivity contribution >= 4 is 23.6 Å². The number of hydrogen-bond donors (Lipinski definition) is 2. The number of carboxylic acids is 1. The van der Waals surface area contributed by atoms with Crippen LogP contribution in [0, 0.1) is 11.3 Å². The van der Waals surface area contributed by atoms with Crippen LogP contribution in [0.4, 0.5) is 0 Å². The van der Waals surface area contributed by atoms with Crippen LogP contribution in [0.2, 0.25) is 0 Å². The van der Waals surface area contributed by atoms with Gasteiger partial charge in [0.15, 0.2) is 5.57 Å². The van der Waals surface area contributed by atoms with Crippen molar-refractivity contribution in [3.63, 3.8) is 0 Å². The summed E-state index contributed by atoms with van der Waals surface area (Å²) in [6, 6.07) is 1.67. The number of carbonyl (C=O) groups is 2. The highest BCUT2D eigenvalue weighted by Gasteiger charge is 2.38. The Balaban J connectivity index is 2.18. The molecule has 0 bridgehead atoms. The van der Waals surface area contributed by atoms with Gasteiger partial charge in [-0.1, -0.05) is 11.8 Å². The molecule has 110 valence electrons. The highest BCUT2D eigenvalue weighted by atomic mass is 32.2. The molecule has 0 aromatic carbocycles. The normalized spacial score (nSPS) is 20.5. The molecule has 1 atom stereocenters. The minimum absolute atomic E-state index is 0.147. The summed E-state index contributed by atoms with van der Waals surface area (Å²) in [4.78, 5) is 31.6. The molecule has 8 heteroatoms. The number of carboxylic acid groups (broad SMARTS) is 1. The first-order valence-electron chi connectivity index (χ1n) is 6.41. The minimum atomic E-state index is -1.31. The van der Waals surface area contributed by atoms with Gasteiger partial charge in [0.2, 0.25) is 5.91 Å². The van der Waals surface area contributed by atoms with E-state index in [0.29, 0.717) is 19.4 Å². The van der Waals surface area contributed by atoms with Crippen LogP contribution in [-0.2, 0) is 16.0 Å². The zero-order valence-corrected chi connectivity index (χ0v) is 12.2. The molecule has 2 heterocycles. The van der Waals surface area contributed by atoms with Gasteiger partial charge in [-0.2, -0.15) is 5.26 Å². The molecule has 1 aliphatic heterocycles. The van der Waals surface area contributed by atoms with Crippen molar-refractivity contribution in [2.24, 2.45) is 0 Å². The average molecular weight is 306 g/mol. The van der Waals surface area contributed by atoms with Gasteiger partial charge >= 0.3 is 5.97 Å². The summed E-state index contributed by atoms with van der Waals surface area (Å²) in [6.45, 7) is 2.10. The predicted octanol–water partition coefficient (Wildman–Crippen LogP) is 1.13. The molecule has 1 aromatic heterocycles. The van der Waals surface area contributed by atoms with Crippen molar-refractivity contribution in [2.75, 3.05) is 6.54 Å². The van der Waals surface area contributed by atoms with Crippen LogP contribution < -0.4 is 0 Å². The van der Waals surface area contributed by atoms with Crippen LogP contribution in [0.15, 0.2) is 23.1 Å². The van der Waals surface area contributed by atoms with E-state index >= 15 is 0 Å². The lowest BCUT2D eigenvalue weighted by Crippen LogP contribution is -2.29. The molecule has 0 saturated carbocycles. The van der Waals surface area contributed by atoms with Crippen molar-refractivity contribution < 1.29 is 14.7 Å². The molecule has 1 aliphatic rings. The van der Waals surface area contributed by atoms with Gasteiger partial charge in [0.05, 0.1) is 11.6 Å². The maximum Gasteiger partial charge on any atom is 0.349 e. The van der Waals surface area contributed by atoms with E-state index in [0.717, 1.165) is 17.5 Å². The number of thioether (sulfide) groups is 1. The summed E-state index contributed by atoms with van der Waals surface area (Å²) in [6.07, 6.45) is 4.46. The fourth-order valence-corrected chi connectivity index (χ4v) is 3.42. The van der Waals surface area contributed by atoms with Crippen LogP contribution in [-0.4, -0.2) is 43.6 Å². The summed E-state index contributed by atoms with van der Waals surface area (Å²) in [5, 5.41) is 17.9. The van der Waals surface area contributed by atoms with Crippen LogP contribution in [0.5, 0.6) is 0 Å². The number of imidazole rings is 1. The molecule has 1 amide bonds. The molecule has 0 spiro atoms. The van der Waals surface area contributed by atoms with Gasteiger partial charge in [-0.15, -0.1) is 0 Å². The summed E-state index contributed by atoms with van der Waals surface area (Å²) >= 11 is 1.15. The predicted molar refractivity (Wildman–Crippen MR) is 75.9 cm³/mol. The largest absolute Gasteiger partial charge is 0.477 e. The number of amides is 1. The summed E-state index contributed by atoms with van der Waals surface area (Å²) in [7, 11) is 0. The second-order valence-corrected chi connectivity index (χ2v) is 5.59. The lowest BCUT2D eigenvalue weighted by molar-refractivity contribution is -0.132. The number of hydrogen-bond acceptors (Lipinski definition) is 5. The van der Waals surface area contributed by atoms with E-state index in [-0.39, 0.29) is 21.8 Å². The standard InChI is InChI=1S/C13H14N4O3S/c1-2-17-11(18)10(4-3-8-6-15-7-16-8)21-12(17)9(5-14)13(19)20/h6-7,10H,2-4H2,1H3,(H,15,16)(H,19,20)/b12-9-. The van der Waals surface area contributed by atoms with Crippen LogP contribution in [0.1, 0.15) is 19.0 Å². The van der Waals surface area contributed by atoms with Gasteiger partial charge in [-0.25, -0.2) is 9.78 Å². The van der Waals surface area contributed by atoms with E-state index in [2.05, 4.69) is 9.97 Å². The maximum atomic E-state index is 12.3. The van der Waals surface area contributed by atoms with E-state index in [1.165, 1.54) is 4.90 Å². The number of aromatic nitrogens is 2. The fourth-order valence-electron chi connectivity index (χ4n) is 2.09. The van der Waals surface area contributed by atoms with Crippen molar-refractivity contribution in [1.82, 2.24) is 14.9 Å². The Kier molecular flexibility index (Phi) is 4.65. The quantitative estimate of drug-likeness (QED) is 0.623. The number of H-pyrrole nitrogens is 1. The van der Waals surface area contributed by atoms with E-state index in [1.807, 2.05) is 0 Å². The molecule has 1 aromatic rings. The molecule has 1 fully saturated rings. The van der Waals surface area contributed by atoms with Crippen LogP contribution >= 0.6 is 11.8 Å². The maximum absolute atomic E-state index is 12.3. The number of carbonyl (C=O) groups excluding carboxylic acids is 1. The minimum Gasteiger partial charge on any atom is -0.477 e. The second-order valence-electron chi connectivity index (χ2n) is 4.40. The topological polar surface area (TPSA) is 110 Å². The van der Waals surface area contributed by atoms with E-state index in [4.69, 9.17) is 10.4 Å². The van der Waals surface area contributed by atoms with Gasteiger partial charge in [-0.3, -0.25) is 4.79 Å². The fraction of sp³-hybridized carbons (Fsp3) is 0.385. The SMILES string of the molecule is CCN1C(=O)C(CCc2cnc[nH]2)S/C1=C(/C#N)C(=O)O. The highest BCUT2D eigenvalue weighted by molar-refractivity contribution is 8.04. The Hall–Kier alpha value is -2.27. The molecule has 2 N–H and O–H groups in total. The first-order chi connectivity index (χ1) is 10.1. The summed E-state index contributed by atoms with van der Waals surface area (Å²) in [5.74, 6) is -1.45. The summed E-state index contributed by atoms with van der Waals surface area (Å²) < 4.78 is 0. The first kappa shape index (κ1) is 15.1. The van der Waals surface area contributed by atoms with E-state index in [9.17, 15) is 9.59 Å². The van der Waals surface area contributed by atoms with Gasteiger partial charge in [-0.05, 0) is 19.8 Å². The van der Waals surface area contributed by atoms with Crippen LogP contribution in [0.3, 0.4) is 0 Å². The van der Waals surface area contributed by atoms with Crippen molar-refractivity contribution in [1.29, 1.82) is 5.26 Å². The number of aryl methyl sites for hydroxylation is 1. The molecular weight excluding hydrogens is 292 g/mol. The third-order valence-electron chi connectivity index (χ3n) is 3.13. The first-order valence-corrected chi connectivity index (χ1v) is 7.29. The molecule has 0 radical (unpaired) electrons. The monoisotopic (exact) mass is 306 g/mol. The number of aromatic amines is 1. The molecule has 21 heavy (non-hydrogen) atoms. The van der Waals surface area contributed by atoms with Gasteiger partial charge in [0.1, 0.15) is 11.1 Å². The third-order valence-corrected chi connectivity index (χ3v) is 4.50. The smallest absolute Gasteiger partial charge is 0.349 e. The van der Waals surface area contributed by atoms with Crippen LogP contribution in [0.25, 0.3) is 0 Å². The Bertz CT molecular complexity index is 618. The Morgan fingerprint density at radius 1 is 1.67 bits per heavy atom. The lowest BCUT2D eigenvalue weighted by Gasteiger charge is -2.14. The molecule has 7 nitrogen and oxygen atoms in total.